The van der Waals surface area contributed by atoms with Crippen LogP contribution in [0.3, 0.4) is 0 Å². The summed E-state index contributed by atoms with van der Waals surface area (Å²) in [6.45, 7) is -0.117. The summed E-state index contributed by atoms with van der Waals surface area (Å²) in [6.07, 6.45) is -3.23. The molecule has 0 atom stereocenters. The molecule has 3 rings (SSSR count). The van der Waals surface area contributed by atoms with E-state index in [1.165, 1.54) is 54.4 Å². The molecular weight excluding hydrogens is 409 g/mol. The van der Waals surface area contributed by atoms with E-state index in [1.807, 2.05) is 0 Å². The van der Waals surface area contributed by atoms with E-state index in [-0.39, 0.29) is 34.4 Å². The Morgan fingerprint density at radius 3 is 2.34 bits per heavy atom. The fraction of sp³-hybridized carbons (Fsp3) is 0.316. The van der Waals surface area contributed by atoms with Crippen molar-refractivity contribution < 1.29 is 31.1 Å². The summed E-state index contributed by atoms with van der Waals surface area (Å²) in [5.74, 6) is -0.849. The van der Waals surface area contributed by atoms with E-state index < -0.39 is 22.3 Å². The third-order valence-corrected chi connectivity index (χ3v) is 5.80. The van der Waals surface area contributed by atoms with Crippen molar-refractivity contribution in [3.63, 3.8) is 0 Å². The van der Waals surface area contributed by atoms with Crippen LogP contribution in [0, 0.1) is 0 Å². The average Bonchev–Trinajstić information content (AvgIpc) is 3.45. The number of sulfonamides is 1. The molecule has 0 radical (unpaired) electrons. The third kappa shape index (κ3) is 5.70. The molecule has 0 spiro atoms. The van der Waals surface area contributed by atoms with Crippen LogP contribution >= 0.6 is 0 Å². The Morgan fingerprint density at radius 2 is 1.76 bits per heavy atom. The molecule has 0 bridgehead atoms. The lowest BCUT2D eigenvalue weighted by molar-refractivity contribution is -0.275. The maximum atomic E-state index is 12.6. The molecule has 2 aromatic carbocycles. The molecule has 2 aromatic rings. The Balaban J connectivity index is 1.71. The summed E-state index contributed by atoms with van der Waals surface area (Å²) >= 11 is 0. The van der Waals surface area contributed by atoms with Crippen LogP contribution in [0.5, 0.6) is 5.75 Å². The molecule has 1 fully saturated rings. The monoisotopic (exact) mass is 428 g/mol. The van der Waals surface area contributed by atoms with Gasteiger partial charge in [0.25, 0.3) is 5.91 Å². The van der Waals surface area contributed by atoms with Crippen molar-refractivity contribution in [3.8, 4) is 5.75 Å². The zero-order valence-electron chi connectivity index (χ0n) is 15.4. The van der Waals surface area contributed by atoms with Crippen molar-refractivity contribution in [2.75, 3.05) is 7.05 Å². The lowest BCUT2D eigenvalue weighted by Crippen LogP contribution is -2.28. The van der Waals surface area contributed by atoms with Gasteiger partial charge in [-0.3, -0.25) is 4.79 Å². The minimum atomic E-state index is -4.84. The van der Waals surface area contributed by atoms with E-state index in [0.717, 1.165) is 12.8 Å². The summed E-state index contributed by atoms with van der Waals surface area (Å²) in [5, 5.41) is 0. The zero-order valence-corrected chi connectivity index (χ0v) is 16.3. The summed E-state index contributed by atoms with van der Waals surface area (Å²) in [4.78, 5) is 13.9. The molecule has 0 heterocycles. The molecule has 0 aromatic heterocycles. The minimum absolute atomic E-state index is 0.0357. The number of benzene rings is 2. The number of hydrogen-bond acceptors (Lipinski definition) is 4. The largest absolute Gasteiger partial charge is 0.573 e. The number of para-hydroxylation sites is 1. The number of nitrogens with zero attached hydrogens (tertiary/aromatic N) is 1. The molecule has 6 nitrogen and oxygen atoms in total. The topological polar surface area (TPSA) is 75.7 Å². The molecule has 1 saturated carbocycles. The van der Waals surface area contributed by atoms with E-state index in [4.69, 9.17) is 0 Å². The van der Waals surface area contributed by atoms with E-state index >= 15 is 0 Å². The predicted octanol–water partition coefficient (Wildman–Crippen LogP) is 3.30. The summed E-state index contributed by atoms with van der Waals surface area (Å²) in [5.41, 5.74) is 0.403. The number of nitrogens with one attached hydrogen (secondary N) is 1. The summed E-state index contributed by atoms with van der Waals surface area (Å²) in [7, 11) is -2.19. The van der Waals surface area contributed by atoms with Gasteiger partial charge in [-0.25, -0.2) is 13.1 Å². The van der Waals surface area contributed by atoms with Crippen molar-refractivity contribution in [1.29, 1.82) is 0 Å². The number of rotatable bonds is 7. The van der Waals surface area contributed by atoms with Crippen molar-refractivity contribution in [2.24, 2.45) is 0 Å². The second kappa shape index (κ2) is 8.03. The number of halogens is 3. The number of carbonyl (C=O) groups excluding carboxylic acids is 1. The second-order valence-corrected chi connectivity index (χ2v) is 8.45. The molecule has 29 heavy (non-hydrogen) atoms. The fourth-order valence-corrected chi connectivity index (χ4v) is 3.98. The Bertz CT molecular complexity index is 987. The van der Waals surface area contributed by atoms with Crippen LogP contribution < -0.4 is 9.46 Å². The molecule has 156 valence electrons. The molecule has 1 N–H and O–H groups in total. The molecule has 0 aliphatic heterocycles. The maximum Gasteiger partial charge on any atom is 0.573 e. The van der Waals surface area contributed by atoms with Crippen LogP contribution in [-0.4, -0.2) is 38.7 Å². The third-order valence-electron chi connectivity index (χ3n) is 4.26. The highest BCUT2D eigenvalue weighted by Gasteiger charge is 2.32. The van der Waals surface area contributed by atoms with Gasteiger partial charge in [-0.2, -0.15) is 0 Å². The zero-order chi connectivity index (χ0) is 21.2. The highest BCUT2D eigenvalue weighted by Crippen LogP contribution is 2.27. The Morgan fingerprint density at radius 1 is 1.14 bits per heavy atom. The van der Waals surface area contributed by atoms with E-state index in [9.17, 15) is 26.4 Å². The van der Waals surface area contributed by atoms with Crippen LogP contribution in [-0.2, 0) is 16.6 Å². The van der Waals surface area contributed by atoms with Gasteiger partial charge in [0.1, 0.15) is 5.75 Å². The molecule has 1 aliphatic carbocycles. The van der Waals surface area contributed by atoms with Crippen LogP contribution in [0.15, 0.2) is 53.4 Å². The number of carbonyl (C=O) groups is 1. The second-order valence-electron chi connectivity index (χ2n) is 6.74. The molecule has 10 heteroatoms. The van der Waals surface area contributed by atoms with Crippen LogP contribution in [0.25, 0.3) is 0 Å². The lowest BCUT2D eigenvalue weighted by Gasteiger charge is -2.20. The fourth-order valence-electron chi connectivity index (χ4n) is 2.67. The van der Waals surface area contributed by atoms with Gasteiger partial charge in [-0.05, 0) is 43.2 Å². The predicted molar refractivity (Wildman–Crippen MR) is 98.7 cm³/mol. The normalized spacial score (nSPS) is 14.5. The van der Waals surface area contributed by atoms with Crippen molar-refractivity contribution in [2.45, 2.75) is 36.7 Å². The Hall–Kier alpha value is -2.59. The van der Waals surface area contributed by atoms with E-state index in [0.29, 0.717) is 0 Å². The number of amides is 1. The van der Waals surface area contributed by atoms with E-state index in [2.05, 4.69) is 9.46 Å². The van der Waals surface area contributed by atoms with Crippen molar-refractivity contribution >= 4 is 15.9 Å². The molecule has 1 aliphatic rings. The first kappa shape index (κ1) is 21.1. The van der Waals surface area contributed by atoms with Crippen LogP contribution in [0.1, 0.15) is 28.8 Å². The SMILES string of the molecule is CN(Cc1ccccc1OC(F)(F)F)C(=O)c1ccc(S(=O)(=O)NC2CC2)cc1. The van der Waals surface area contributed by atoms with Gasteiger partial charge >= 0.3 is 6.36 Å². The Labute approximate surface area is 166 Å². The molecule has 0 unspecified atom stereocenters. The van der Waals surface area contributed by atoms with Gasteiger partial charge < -0.3 is 9.64 Å². The maximum absolute atomic E-state index is 12.6. The highest BCUT2D eigenvalue weighted by molar-refractivity contribution is 7.89. The van der Waals surface area contributed by atoms with Gasteiger partial charge in [0.15, 0.2) is 0 Å². The highest BCUT2D eigenvalue weighted by atomic mass is 32.2. The number of hydrogen-bond donors (Lipinski definition) is 1. The van der Waals surface area contributed by atoms with Gasteiger partial charge in [0.05, 0.1) is 4.90 Å². The van der Waals surface area contributed by atoms with Crippen molar-refractivity contribution in [3.05, 3.63) is 59.7 Å². The smallest absolute Gasteiger partial charge is 0.405 e. The summed E-state index contributed by atoms with van der Waals surface area (Å²) < 4.78 is 68.5. The van der Waals surface area contributed by atoms with Gasteiger partial charge in [-0.15, -0.1) is 13.2 Å². The first-order chi connectivity index (χ1) is 13.5. The van der Waals surface area contributed by atoms with Crippen LogP contribution in [0.4, 0.5) is 13.2 Å². The molecular formula is C19H19F3N2O4S. The molecule has 0 saturated heterocycles. The Kier molecular flexibility index (Phi) is 5.85. The number of alkyl halides is 3. The first-order valence-corrected chi connectivity index (χ1v) is 10.2. The first-order valence-electron chi connectivity index (χ1n) is 8.77. The van der Waals surface area contributed by atoms with Crippen molar-refractivity contribution in [1.82, 2.24) is 9.62 Å². The summed E-state index contributed by atoms with van der Waals surface area (Å²) in [6, 6.07) is 10.9. The lowest BCUT2D eigenvalue weighted by atomic mass is 10.1. The standard InChI is InChI=1S/C19H19F3N2O4S/c1-24(12-14-4-2-3-5-17(14)28-19(20,21)22)18(25)13-6-10-16(11-7-13)29(26,27)23-15-8-9-15/h2-7,10-11,15,23H,8-9,12H2,1H3. The minimum Gasteiger partial charge on any atom is -0.405 e. The number of ether oxygens (including phenoxy) is 1. The quantitative estimate of drug-likeness (QED) is 0.734. The van der Waals surface area contributed by atoms with Crippen LogP contribution in [0.2, 0.25) is 0 Å². The average molecular weight is 428 g/mol. The van der Waals surface area contributed by atoms with E-state index in [1.54, 1.807) is 6.07 Å². The van der Waals surface area contributed by atoms with Gasteiger partial charge in [0, 0.05) is 30.8 Å². The molecule has 1 amide bonds. The van der Waals surface area contributed by atoms with Gasteiger partial charge in [0.2, 0.25) is 10.0 Å². The van der Waals surface area contributed by atoms with Gasteiger partial charge in [-0.1, -0.05) is 18.2 Å².